The third-order valence-corrected chi connectivity index (χ3v) is 4.26. The maximum atomic E-state index is 12.3. The number of fused-ring (bicyclic) bond motifs is 1. The Labute approximate surface area is 167 Å². The molecule has 0 atom stereocenters. The smallest absolute Gasteiger partial charge is 0.248 e. The molecule has 0 spiro atoms. The number of anilines is 1. The van der Waals surface area contributed by atoms with E-state index in [0.29, 0.717) is 58.2 Å². The van der Waals surface area contributed by atoms with Crippen LogP contribution in [0.25, 0.3) is 6.08 Å². The third-order valence-electron chi connectivity index (χ3n) is 3.98. The van der Waals surface area contributed by atoms with Crippen molar-refractivity contribution >= 4 is 29.3 Å². The fraction of sp³-hybridized carbons (Fsp3) is 0.250. The van der Waals surface area contributed by atoms with Gasteiger partial charge in [0.15, 0.2) is 23.0 Å². The van der Waals surface area contributed by atoms with Crippen molar-refractivity contribution in [1.29, 1.82) is 0 Å². The lowest BCUT2D eigenvalue weighted by molar-refractivity contribution is -0.111. The zero-order valence-electron chi connectivity index (χ0n) is 15.7. The van der Waals surface area contributed by atoms with E-state index in [-0.39, 0.29) is 5.91 Å². The lowest BCUT2D eigenvalue weighted by Crippen LogP contribution is -2.15. The Hall–Kier alpha value is -3.06. The molecule has 2 aromatic rings. The minimum absolute atomic E-state index is 0.333. The molecule has 0 aliphatic carbocycles. The van der Waals surface area contributed by atoms with Crippen LogP contribution in [0.4, 0.5) is 5.69 Å². The number of hydrogen-bond acceptors (Lipinski definition) is 6. The summed E-state index contributed by atoms with van der Waals surface area (Å²) in [6, 6.07) is 6.77. The highest BCUT2D eigenvalue weighted by atomic mass is 35.5. The third kappa shape index (κ3) is 4.26. The molecule has 7 nitrogen and oxygen atoms in total. The van der Waals surface area contributed by atoms with Gasteiger partial charge in [-0.05, 0) is 23.8 Å². The maximum Gasteiger partial charge on any atom is 0.248 e. The van der Waals surface area contributed by atoms with Crippen LogP contribution in [0.5, 0.6) is 28.7 Å². The van der Waals surface area contributed by atoms with E-state index in [0.717, 1.165) is 0 Å². The van der Waals surface area contributed by atoms with E-state index in [4.69, 9.17) is 35.3 Å². The van der Waals surface area contributed by atoms with E-state index in [1.54, 1.807) is 30.3 Å². The van der Waals surface area contributed by atoms with Gasteiger partial charge in [0.25, 0.3) is 0 Å². The Morgan fingerprint density at radius 3 is 2.36 bits per heavy atom. The lowest BCUT2D eigenvalue weighted by Gasteiger charge is -2.19. The standard InChI is InChI=1S/C20H20ClNO6/c1-24-15-10-13(11-16(25-2)20(15)26-3)22-18(23)5-4-12-8-14(21)19-17(9-12)27-6-7-28-19/h4-5,8-11H,6-7H2,1-3H3,(H,22,23)/b5-4+. The van der Waals surface area contributed by atoms with E-state index in [2.05, 4.69) is 5.32 Å². The van der Waals surface area contributed by atoms with Gasteiger partial charge < -0.3 is 29.0 Å². The number of hydrogen-bond donors (Lipinski definition) is 1. The second kappa shape index (κ2) is 8.75. The summed E-state index contributed by atoms with van der Waals surface area (Å²) in [5.74, 6) is 2.08. The van der Waals surface area contributed by atoms with Gasteiger partial charge in [0, 0.05) is 23.9 Å². The van der Waals surface area contributed by atoms with Crippen LogP contribution in [0.1, 0.15) is 5.56 Å². The monoisotopic (exact) mass is 405 g/mol. The van der Waals surface area contributed by atoms with E-state index in [1.165, 1.54) is 27.4 Å². The second-order valence-electron chi connectivity index (χ2n) is 5.76. The zero-order chi connectivity index (χ0) is 20.1. The van der Waals surface area contributed by atoms with Gasteiger partial charge in [-0.25, -0.2) is 0 Å². The van der Waals surface area contributed by atoms with Crippen molar-refractivity contribution in [3.8, 4) is 28.7 Å². The summed E-state index contributed by atoms with van der Waals surface area (Å²) in [4.78, 5) is 12.3. The summed E-state index contributed by atoms with van der Waals surface area (Å²) in [7, 11) is 4.53. The van der Waals surface area contributed by atoms with Gasteiger partial charge in [-0.2, -0.15) is 0 Å². The van der Waals surface area contributed by atoms with Gasteiger partial charge in [0.1, 0.15) is 13.2 Å². The van der Waals surface area contributed by atoms with Crippen LogP contribution in [0, 0.1) is 0 Å². The lowest BCUT2D eigenvalue weighted by atomic mass is 10.1. The SMILES string of the molecule is COc1cc(NC(=O)/C=C/c2cc(Cl)c3c(c2)OCCO3)cc(OC)c1OC. The van der Waals surface area contributed by atoms with Crippen molar-refractivity contribution in [3.05, 3.63) is 40.9 Å². The van der Waals surface area contributed by atoms with E-state index < -0.39 is 0 Å². The van der Waals surface area contributed by atoms with Crippen molar-refractivity contribution in [2.75, 3.05) is 39.9 Å². The quantitative estimate of drug-likeness (QED) is 0.737. The first-order valence-electron chi connectivity index (χ1n) is 8.44. The Balaban J connectivity index is 1.76. The number of ether oxygens (including phenoxy) is 5. The Bertz CT molecular complexity index is 887. The van der Waals surface area contributed by atoms with E-state index >= 15 is 0 Å². The molecule has 1 N–H and O–H groups in total. The first-order chi connectivity index (χ1) is 13.5. The number of methoxy groups -OCH3 is 3. The van der Waals surface area contributed by atoms with Crippen LogP contribution >= 0.6 is 11.6 Å². The van der Waals surface area contributed by atoms with Crippen LogP contribution in [0.15, 0.2) is 30.3 Å². The van der Waals surface area contributed by atoms with Gasteiger partial charge in [-0.15, -0.1) is 0 Å². The van der Waals surface area contributed by atoms with Crippen molar-refractivity contribution in [3.63, 3.8) is 0 Å². The molecule has 2 aromatic carbocycles. The van der Waals surface area contributed by atoms with Gasteiger partial charge >= 0.3 is 0 Å². The van der Waals surface area contributed by atoms with Gasteiger partial charge in [-0.3, -0.25) is 4.79 Å². The van der Waals surface area contributed by atoms with Crippen molar-refractivity contribution in [2.45, 2.75) is 0 Å². The normalized spacial score (nSPS) is 12.6. The van der Waals surface area contributed by atoms with Crippen LogP contribution in [-0.4, -0.2) is 40.5 Å². The minimum atomic E-state index is -0.333. The Morgan fingerprint density at radius 1 is 1.04 bits per heavy atom. The molecular weight excluding hydrogens is 386 g/mol. The summed E-state index contributed by atoms with van der Waals surface area (Å²) < 4.78 is 26.9. The second-order valence-corrected chi connectivity index (χ2v) is 6.17. The summed E-state index contributed by atoms with van der Waals surface area (Å²) in [5.41, 5.74) is 1.22. The average Bonchev–Trinajstić information content (AvgIpc) is 2.71. The first kappa shape index (κ1) is 19.7. The van der Waals surface area contributed by atoms with Gasteiger partial charge in [0.05, 0.1) is 26.4 Å². The summed E-state index contributed by atoms with van der Waals surface area (Å²) >= 11 is 6.21. The van der Waals surface area contributed by atoms with Crippen molar-refractivity contribution in [2.24, 2.45) is 0 Å². The molecule has 3 rings (SSSR count). The molecule has 1 heterocycles. The van der Waals surface area contributed by atoms with Crippen LogP contribution in [0.3, 0.4) is 0 Å². The number of amides is 1. The fourth-order valence-corrected chi connectivity index (χ4v) is 3.01. The molecular formula is C20H20ClNO6. The van der Waals surface area contributed by atoms with E-state index in [1.807, 2.05) is 0 Å². The summed E-state index contributed by atoms with van der Waals surface area (Å²) in [5, 5.41) is 3.19. The molecule has 1 amide bonds. The van der Waals surface area contributed by atoms with Crippen molar-refractivity contribution < 1.29 is 28.5 Å². The topological polar surface area (TPSA) is 75.3 Å². The molecule has 0 saturated carbocycles. The highest BCUT2D eigenvalue weighted by Crippen LogP contribution is 2.40. The summed E-state index contributed by atoms with van der Waals surface area (Å²) in [6.07, 6.45) is 3.03. The molecule has 1 aliphatic rings. The molecule has 28 heavy (non-hydrogen) atoms. The fourth-order valence-electron chi connectivity index (χ4n) is 2.74. The summed E-state index contributed by atoms with van der Waals surface area (Å²) in [6.45, 7) is 0.914. The molecule has 0 unspecified atom stereocenters. The van der Waals surface area contributed by atoms with Gasteiger partial charge in [0.2, 0.25) is 11.7 Å². The molecule has 0 bridgehead atoms. The number of rotatable bonds is 6. The molecule has 148 valence electrons. The van der Waals surface area contributed by atoms with Crippen LogP contribution < -0.4 is 29.0 Å². The van der Waals surface area contributed by atoms with E-state index in [9.17, 15) is 4.79 Å². The molecule has 1 aliphatic heterocycles. The predicted octanol–water partition coefficient (Wildman–Crippen LogP) is 3.79. The molecule has 8 heteroatoms. The molecule has 0 radical (unpaired) electrons. The minimum Gasteiger partial charge on any atom is -0.493 e. The zero-order valence-corrected chi connectivity index (χ0v) is 16.5. The molecule has 0 saturated heterocycles. The number of carbonyl (C=O) groups excluding carboxylic acids is 1. The van der Waals surface area contributed by atoms with Crippen LogP contribution in [0.2, 0.25) is 5.02 Å². The van der Waals surface area contributed by atoms with Crippen LogP contribution in [-0.2, 0) is 4.79 Å². The molecule has 0 fully saturated rings. The number of benzene rings is 2. The Morgan fingerprint density at radius 2 is 1.71 bits per heavy atom. The van der Waals surface area contributed by atoms with Crippen molar-refractivity contribution in [1.82, 2.24) is 0 Å². The highest BCUT2D eigenvalue weighted by Gasteiger charge is 2.16. The average molecular weight is 406 g/mol. The highest BCUT2D eigenvalue weighted by molar-refractivity contribution is 6.32. The number of halogens is 1. The Kier molecular flexibility index (Phi) is 6.16. The largest absolute Gasteiger partial charge is 0.493 e. The maximum absolute atomic E-state index is 12.3. The molecule has 0 aromatic heterocycles. The number of carbonyl (C=O) groups is 1. The predicted molar refractivity (Wildman–Crippen MR) is 106 cm³/mol. The van der Waals surface area contributed by atoms with Gasteiger partial charge in [-0.1, -0.05) is 11.6 Å². The first-order valence-corrected chi connectivity index (χ1v) is 8.81. The number of nitrogens with one attached hydrogen (secondary N) is 1.